The van der Waals surface area contributed by atoms with Crippen molar-refractivity contribution in [1.82, 2.24) is 19.7 Å². The van der Waals surface area contributed by atoms with Crippen LogP contribution >= 0.6 is 0 Å². The zero-order chi connectivity index (χ0) is 20.4. The maximum Gasteiger partial charge on any atom is 0.345 e. The minimum absolute atomic E-state index is 0.368. The molecule has 2 aliphatic rings. The number of nitrogens with one attached hydrogen (secondary N) is 1. The van der Waals surface area contributed by atoms with Crippen LogP contribution in [0.5, 0.6) is 0 Å². The largest absolute Gasteiger partial charge is 0.422 e. The first-order valence-corrected chi connectivity index (χ1v) is 10.4. The fourth-order valence-corrected chi connectivity index (χ4v) is 4.98. The number of hydrogen-bond donors (Lipinski definition) is 1. The molecule has 2 atom stereocenters. The van der Waals surface area contributed by atoms with Gasteiger partial charge in [0.2, 0.25) is 0 Å². The lowest BCUT2D eigenvalue weighted by Crippen LogP contribution is -2.25. The van der Waals surface area contributed by atoms with E-state index in [2.05, 4.69) is 26.3 Å². The van der Waals surface area contributed by atoms with Crippen molar-refractivity contribution >= 4 is 22.3 Å². The van der Waals surface area contributed by atoms with Crippen molar-refractivity contribution < 1.29 is 4.42 Å². The Bertz CT molecular complexity index is 1340. The molecule has 5 heterocycles. The molecule has 0 saturated carbocycles. The quantitative estimate of drug-likeness (QED) is 0.521. The number of aryl methyl sites for hydroxylation is 2. The van der Waals surface area contributed by atoms with Crippen molar-refractivity contribution in [1.29, 1.82) is 0 Å². The number of imidazole rings is 1. The van der Waals surface area contributed by atoms with Gasteiger partial charge >= 0.3 is 5.63 Å². The minimum Gasteiger partial charge on any atom is -0.422 e. The van der Waals surface area contributed by atoms with E-state index in [4.69, 9.17) is 4.42 Å². The molecule has 2 unspecified atom stereocenters. The fraction of sp³-hybridized carbons (Fsp3) is 0.348. The number of rotatable bonds is 2. The van der Waals surface area contributed by atoms with Crippen LogP contribution < -0.4 is 15.8 Å². The van der Waals surface area contributed by atoms with E-state index < -0.39 is 0 Å². The molecule has 1 aromatic carbocycles. The minimum atomic E-state index is -0.368. The van der Waals surface area contributed by atoms with E-state index >= 15 is 0 Å². The Labute approximate surface area is 173 Å². The molecule has 0 aliphatic carbocycles. The lowest BCUT2D eigenvalue weighted by Gasteiger charge is -2.20. The number of nitrogens with zero attached hydrogens (tertiary/aromatic N) is 4. The Morgan fingerprint density at radius 1 is 1.07 bits per heavy atom. The summed E-state index contributed by atoms with van der Waals surface area (Å²) in [5.74, 6) is 1.43. The summed E-state index contributed by atoms with van der Waals surface area (Å²) in [7, 11) is 0. The monoisotopic (exact) mass is 401 g/mol. The molecule has 0 bridgehead atoms. The lowest BCUT2D eigenvalue weighted by atomic mass is 10.0. The summed E-state index contributed by atoms with van der Waals surface area (Å²) < 4.78 is 7.65. The Kier molecular flexibility index (Phi) is 3.77. The van der Waals surface area contributed by atoms with Crippen LogP contribution in [0.2, 0.25) is 0 Å². The van der Waals surface area contributed by atoms with E-state index in [0.717, 1.165) is 54.3 Å². The third kappa shape index (κ3) is 2.73. The highest BCUT2D eigenvalue weighted by molar-refractivity contribution is 5.84. The first-order chi connectivity index (χ1) is 14.5. The molecule has 3 aromatic heterocycles. The van der Waals surface area contributed by atoms with Crippen LogP contribution in [0, 0.1) is 25.7 Å². The molecule has 7 heteroatoms. The van der Waals surface area contributed by atoms with Crippen molar-refractivity contribution in [3.05, 3.63) is 58.5 Å². The molecule has 152 valence electrons. The van der Waals surface area contributed by atoms with Crippen molar-refractivity contribution in [2.45, 2.75) is 13.8 Å². The van der Waals surface area contributed by atoms with E-state index in [1.807, 2.05) is 48.8 Å². The van der Waals surface area contributed by atoms with Gasteiger partial charge in [-0.15, -0.1) is 0 Å². The lowest BCUT2D eigenvalue weighted by molar-refractivity contribution is 0.533. The molecular formula is C23H23N5O2. The molecule has 0 radical (unpaired) electrons. The van der Waals surface area contributed by atoms with Crippen molar-refractivity contribution in [2.75, 3.05) is 31.1 Å². The molecule has 1 N–H and O–H groups in total. The summed E-state index contributed by atoms with van der Waals surface area (Å²) in [6.45, 7) is 8.17. The van der Waals surface area contributed by atoms with Gasteiger partial charge in [-0.05, 0) is 43.9 Å². The van der Waals surface area contributed by atoms with Gasteiger partial charge in [0.05, 0.1) is 22.6 Å². The van der Waals surface area contributed by atoms with Crippen LogP contribution in [-0.2, 0) is 0 Å². The van der Waals surface area contributed by atoms with Gasteiger partial charge in [0.25, 0.3) is 0 Å². The Morgan fingerprint density at radius 2 is 1.87 bits per heavy atom. The number of fused-ring (bicyclic) bond motifs is 3. The summed E-state index contributed by atoms with van der Waals surface area (Å²) in [6.07, 6.45) is 3.77. The Balaban J connectivity index is 1.39. The molecule has 6 rings (SSSR count). The first kappa shape index (κ1) is 17.7. The summed E-state index contributed by atoms with van der Waals surface area (Å²) in [4.78, 5) is 24.3. The van der Waals surface area contributed by atoms with E-state index in [9.17, 15) is 4.79 Å². The predicted octanol–water partition coefficient (Wildman–Crippen LogP) is 2.78. The van der Waals surface area contributed by atoms with E-state index in [1.54, 1.807) is 0 Å². The Morgan fingerprint density at radius 3 is 2.67 bits per heavy atom. The molecule has 0 spiro atoms. The molecule has 30 heavy (non-hydrogen) atoms. The molecule has 2 aliphatic heterocycles. The van der Waals surface area contributed by atoms with E-state index in [0.29, 0.717) is 28.7 Å². The van der Waals surface area contributed by atoms with Crippen LogP contribution in [0.25, 0.3) is 27.9 Å². The van der Waals surface area contributed by atoms with Crippen LogP contribution in [0.4, 0.5) is 5.69 Å². The maximum absolute atomic E-state index is 12.8. The molecule has 2 fully saturated rings. The van der Waals surface area contributed by atoms with Crippen LogP contribution in [0.1, 0.15) is 11.4 Å². The standard InChI is InChI=1S/C23H23N5O2/c1-13-9-28-12-20(26-22(28)14(2)25-13)19-5-15-3-4-18(6-21(15)30-23(19)29)27-10-16-7-24-8-17(16)11-27/h3-6,9,12,16-17,24H,7-8,10-11H2,1-2H3. The van der Waals surface area contributed by atoms with E-state index in [-0.39, 0.29) is 5.63 Å². The molecule has 7 nitrogen and oxygen atoms in total. The molecule has 0 amide bonds. The summed E-state index contributed by atoms with van der Waals surface area (Å²) in [5, 5.41) is 4.37. The molecule has 2 saturated heterocycles. The smallest absolute Gasteiger partial charge is 0.345 e. The van der Waals surface area contributed by atoms with Gasteiger partial charge in [0.1, 0.15) is 5.58 Å². The summed E-state index contributed by atoms with van der Waals surface area (Å²) in [5.41, 5.74) is 4.94. The summed E-state index contributed by atoms with van der Waals surface area (Å²) >= 11 is 0. The van der Waals surface area contributed by atoms with Crippen LogP contribution in [0.15, 0.2) is 45.9 Å². The topological polar surface area (TPSA) is 75.7 Å². The van der Waals surface area contributed by atoms with Crippen molar-refractivity contribution in [3.8, 4) is 11.3 Å². The third-order valence-corrected chi connectivity index (χ3v) is 6.48. The second-order valence-electron chi connectivity index (χ2n) is 8.58. The van der Waals surface area contributed by atoms with Gasteiger partial charge in [-0.25, -0.2) is 9.78 Å². The number of aromatic nitrogens is 3. The van der Waals surface area contributed by atoms with Crippen molar-refractivity contribution in [3.63, 3.8) is 0 Å². The van der Waals surface area contributed by atoms with Gasteiger partial charge in [0.15, 0.2) is 5.65 Å². The maximum atomic E-state index is 12.8. The normalized spacial score (nSPS) is 21.1. The average Bonchev–Trinajstić information content (AvgIpc) is 3.41. The van der Waals surface area contributed by atoms with Gasteiger partial charge in [-0.1, -0.05) is 0 Å². The van der Waals surface area contributed by atoms with Gasteiger partial charge in [-0.3, -0.25) is 4.98 Å². The second-order valence-corrected chi connectivity index (χ2v) is 8.58. The van der Waals surface area contributed by atoms with Gasteiger partial charge in [-0.2, -0.15) is 0 Å². The molecule has 4 aromatic rings. The SMILES string of the molecule is Cc1cn2cc(-c3cc4ccc(N5CC6CNCC6C5)cc4oc3=O)nc2c(C)n1. The highest BCUT2D eigenvalue weighted by Crippen LogP contribution is 2.32. The van der Waals surface area contributed by atoms with E-state index in [1.165, 1.54) is 0 Å². The Hall–Kier alpha value is -3.19. The number of benzene rings is 1. The summed E-state index contributed by atoms with van der Waals surface area (Å²) in [6, 6.07) is 8.04. The zero-order valence-corrected chi connectivity index (χ0v) is 17.1. The van der Waals surface area contributed by atoms with Crippen LogP contribution in [0.3, 0.4) is 0 Å². The van der Waals surface area contributed by atoms with Crippen molar-refractivity contribution in [2.24, 2.45) is 11.8 Å². The average molecular weight is 401 g/mol. The number of anilines is 1. The van der Waals surface area contributed by atoms with Gasteiger partial charge in [0, 0.05) is 55.7 Å². The van der Waals surface area contributed by atoms with Gasteiger partial charge < -0.3 is 19.0 Å². The molecular weight excluding hydrogens is 378 g/mol. The predicted molar refractivity (Wildman–Crippen MR) is 116 cm³/mol. The van der Waals surface area contributed by atoms with Crippen LogP contribution in [-0.4, -0.2) is 40.5 Å². The fourth-order valence-electron chi connectivity index (χ4n) is 4.98. The first-order valence-electron chi connectivity index (χ1n) is 10.4. The second kappa shape index (κ2) is 6.40. The third-order valence-electron chi connectivity index (χ3n) is 6.48. The number of hydrogen-bond acceptors (Lipinski definition) is 6. The highest BCUT2D eigenvalue weighted by atomic mass is 16.4. The zero-order valence-electron chi connectivity index (χ0n) is 17.1. The highest BCUT2D eigenvalue weighted by Gasteiger charge is 2.36.